The largest absolute Gasteiger partial charge is 0.458 e. The van der Waals surface area contributed by atoms with Crippen LogP contribution in [0.25, 0.3) is 33.4 Å². The summed E-state index contributed by atoms with van der Waals surface area (Å²) >= 11 is 0. The third kappa shape index (κ3) is 3.59. The van der Waals surface area contributed by atoms with E-state index in [0.29, 0.717) is 0 Å². The summed E-state index contributed by atoms with van der Waals surface area (Å²) in [6, 6.07) is 48.8. The van der Waals surface area contributed by atoms with Gasteiger partial charge in [0.05, 0.1) is 0 Å². The lowest BCUT2D eigenvalue weighted by Crippen LogP contribution is -2.57. The van der Waals surface area contributed by atoms with Gasteiger partial charge in [0.2, 0.25) is 0 Å². The van der Waals surface area contributed by atoms with E-state index in [1.807, 2.05) is 12.1 Å². The molecule has 3 heteroatoms. The van der Waals surface area contributed by atoms with Crippen molar-refractivity contribution >= 4 is 23.1 Å². The van der Waals surface area contributed by atoms with Crippen LogP contribution in [0, 0.1) is 0 Å². The average Bonchev–Trinajstić information content (AvgIpc) is 3.02. The normalized spacial score (nSPS) is 12.5. The summed E-state index contributed by atoms with van der Waals surface area (Å²) in [5.41, 5.74) is 10.3. The van der Waals surface area contributed by atoms with Gasteiger partial charge in [0.15, 0.2) is 0 Å². The predicted molar refractivity (Wildman–Crippen MR) is 160 cm³/mol. The molecule has 0 saturated carbocycles. The van der Waals surface area contributed by atoms with E-state index in [4.69, 9.17) is 9.47 Å². The van der Waals surface area contributed by atoms with Gasteiger partial charge in [-0.1, -0.05) is 115 Å². The van der Waals surface area contributed by atoms with E-state index in [1.54, 1.807) is 0 Å². The lowest BCUT2D eigenvalue weighted by atomic mass is 9.34. The second-order valence-corrected chi connectivity index (χ2v) is 10.1. The minimum atomic E-state index is -0.000326. The van der Waals surface area contributed by atoms with Crippen molar-refractivity contribution in [3.63, 3.8) is 0 Å². The van der Waals surface area contributed by atoms with Crippen LogP contribution in [0.15, 0.2) is 140 Å². The molecule has 2 nitrogen and oxygen atoms in total. The van der Waals surface area contributed by atoms with E-state index in [2.05, 4.69) is 127 Å². The second kappa shape index (κ2) is 8.78. The third-order valence-corrected chi connectivity index (χ3v) is 7.82. The Balaban J connectivity index is 1.36. The molecule has 0 amide bonds. The van der Waals surface area contributed by atoms with E-state index in [0.717, 1.165) is 56.1 Å². The zero-order valence-corrected chi connectivity index (χ0v) is 21.2. The standard InChI is InChI=1S/C36H23BO2/c1-4-10-24(11-5-1)27-17-20-32-31(22-27)37-30-19-16-28(25-12-6-2-7-13-25)23-34(30)38-33-21-18-29(36(39-32)35(33)37)26-14-8-3-9-15-26/h1-23H. The average molecular weight is 498 g/mol. The van der Waals surface area contributed by atoms with Gasteiger partial charge in [-0.2, -0.15) is 0 Å². The fourth-order valence-corrected chi connectivity index (χ4v) is 5.95. The smallest absolute Gasteiger partial charge is 0.260 e. The molecule has 182 valence electrons. The first-order valence-electron chi connectivity index (χ1n) is 13.3. The molecule has 6 aromatic rings. The van der Waals surface area contributed by atoms with E-state index in [-0.39, 0.29) is 6.71 Å². The molecule has 2 heterocycles. The molecular weight excluding hydrogens is 475 g/mol. The van der Waals surface area contributed by atoms with Crippen LogP contribution in [0.4, 0.5) is 0 Å². The van der Waals surface area contributed by atoms with Gasteiger partial charge in [0.1, 0.15) is 23.0 Å². The summed E-state index contributed by atoms with van der Waals surface area (Å²) in [6.45, 7) is -0.000326. The Labute approximate surface area is 228 Å². The number of fused-ring (bicyclic) bond motifs is 4. The summed E-state index contributed by atoms with van der Waals surface area (Å²) in [5.74, 6) is 3.51. The Morgan fingerprint density at radius 1 is 0.385 bits per heavy atom. The molecule has 2 aliphatic rings. The van der Waals surface area contributed by atoms with Crippen molar-refractivity contribution < 1.29 is 9.47 Å². The van der Waals surface area contributed by atoms with Crippen LogP contribution < -0.4 is 25.9 Å². The molecule has 0 fully saturated rings. The van der Waals surface area contributed by atoms with Gasteiger partial charge in [-0.15, -0.1) is 0 Å². The molecule has 8 rings (SSSR count). The zero-order valence-electron chi connectivity index (χ0n) is 21.2. The van der Waals surface area contributed by atoms with Crippen LogP contribution in [-0.4, -0.2) is 6.71 Å². The fourth-order valence-electron chi connectivity index (χ4n) is 5.95. The molecule has 39 heavy (non-hydrogen) atoms. The Morgan fingerprint density at radius 2 is 0.974 bits per heavy atom. The summed E-state index contributed by atoms with van der Waals surface area (Å²) < 4.78 is 13.4. The first-order valence-corrected chi connectivity index (χ1v) is 13.3. The Morgan fingerprint density at radius 3 is 1.67 bits per heavy atom. The molecule has 0 atom stereocenters. The zero-order chi connectivity index (χ0) is 25.8. The predicted octanol–water partition coefficient (Wildman–Crippen LogP) is 7.42. The molecule has 0 radical (unpaired) electrons. The van der Waals surface area contributed by atoms with Gasteiger partial charge in [-0.25, -0.2) is 0 Å². The maximum atomic E-state index is 6.73. The molecule has 0 spiro atoms. The molecule has 0 bridgehead atoms. The fraction of sp³-hybridized carbons (Fsp3) is 0. The topological polar surface area (TPSA) is 18.5 Å². The van der Waals surface area contributed by atoms with Crippen LogP contribution >= 0.6 is 0 Å². The monoisotopic (exact) mass is 498 g/mol. The van der Waals surface area contributed by atoms with Crippen LogP contribution in [0.2, 0.25) is 0 Å². The van der Waals surface area contributed by atoms with Crippen LogP contribution in [0.5, 0.6) is 23.0 Å². The molecule has 0 aliphatic carbocycles. The van der Waals surface area contributed by atoms with E-state index < -0.39 is 0 Å². The lowest BCUT2D eigenvalue weighted by Gasteiger charge is -2.34. The maximum absolute atomic E-state index is 6.73. The summed E-state index contributed by atoms with van der Waals surface area (Å²) in [5, 5.41) is 0. The Bertz CT molecular complexity index is 1850. The number of hydrogen-bond acceptors (Lipinski definition) is 2. The highest BCUT2D eigenvalue weighted by molar-refractivity contribution is 6.98. The number of benzene rings is 6. The first kappa shape index (κ1) is 22.0. The minimum absolute atomic E-state index is 0.000326. The highest BCUT2D eigenvalue weighted by atomic mass is 16.5. The number of ether oxygens (including phenoxy) is 2. The highest BCUT2D eigenvalue weighted by Crippen LogP contribution is 2.41. The van der Waals surface area contributed by atoms with Gasteiger partial charge in [0, 0.05) is 11.0 Å². The van der Waals surface area contributed by atoms with Crippen molar-refractivity contribution in [2.75, 3.05) is 0 Å². The summed E-state index contributed by atoms with van der Waals surface area (Å²) in [4.78, 5) is 0. The summed E-state index contributed by atoms with van der Waals surface area (Å²) in [6.07, 6.45) is 0. The molecular formula is C36H23BO2. The van der Waals surface area contributed by atoms with Gasteiger partial charge in [-0.05, 0) is 63.0 Å². The van der Waals surface area contributed by atoms with Gasteiger partial charge < -0.3 is 9.47 Å². The van der Waals surface area contributed by atoms with E-state index >= 15 is 0 Å². The Kier molecular flexibility index (Phi) is 4.96. The molecule has 6 aromatic carbocycles. The van der Waals surface area contributed by atoms with E-state index in [9.17, 15) is 0 Å². The van der Waals surface area contributed by atoms with Crippen LogP contribution in [-0.2, 0) is 0 Å². The quantitative estimate of drug-likeness (QED) is 0.236. The molecule has 2 aliphatic heterocycles. The lowest BCUT2D eigenvalue weighted by molar-refractivity contribution is 0.466. The van der Waals surface area contributed by atoms with E-state index in [1.165, 1.54) is 16.7 Å². The van der Waals surface area contributed by atoms with Gasteiger partial charge >= 0.3 is 0 Å². The van der Waals surface area contributed by atoms with Gasteiger partial charge in [0.25, 0.3) is 6.71 Å². The van der Waals surface area contributed by atoms with Crippen molar-refractivity contribution in [2.45, 2.75) is 0 Å². The summed E-state index contributed by atoms with van der Waals surface area (Å²) in [7, 11) is 0. The first-order chi connectivity index (χ1) is 19.3. The molecule has 0 N–H and O–H groups in total. The van der Waals surface area contributed by atoms with Crippen molar-refractivity contribution in [3.05, 3.63) is 140 Å². The molecule has 0 aromatic heterocycles. The second-order valence-electron chi connectivity index (χ2n) is 10.1. The third-order valence-electron chi connectivity index (χ3n) is 7.82. The number of rotatable bonds is 3. The SMILES string of the molecule is c1ccc(-c2ccc3c(c2)Oc2ccc(-c4ccccc4)c4c2B3c2cc(-c3ccccc3)ccc2O4)cc1. The number of hydrogen-bond donors (Lipinski definition) is 0. The molecule has 0 unspecified atom stereocenters. The minimum Gasteiger partial charge on any atom is -0.458 e. The maximum Gasteiger partial charge on any atom is 0.260 e. The van der Waals surface area contributed by atoms with Crippen molar-refractivity contribution in [1.82, 2.24) is 0 Å². The van der Waals surface area contributed by atoms with Crippen LogP contribution in [0.3, 0.4) is 0 Å². The van der Waals surface area contributed by atoms with Crippen LogP contribution in [0.1, 0.15) is 0 Å². The van der Waals surface area contributed by atoms with Crippen molar-refractivity contribution in [3.8, 4) is 56.4 Å². The molecule has 0 saturated heterocycles. The highest BCUT2D eigenvalue weighted by Gasteiger charge is 2.41. The van der Waals surface area contributed by atoms with Crippen molar-refractivity contribution in [1.29, 1.82) is 0 Å². The van der Waals surface area contributed by atoms with Gasteiger partial charge in [-0.3, -0.25) is 0 Å². The van der Waals surface area contributed by atoms with Crippen molar-refractivity contribution in [2.24, 2.45) is 0 Å². The Hall–Kier alpha value is -5.02.